The van der Waals surface area contributed by atoms with E-state index < -0.39 is 52.6 Å². The summed E-state index contributed by atoms with van der Waals surface area (Å²) in [6, 6.07) is 5.09. The number of H-pyrrole nitrogens is 1. The molecule has 3 rings (SSSR count). The molecule has 0 aliphatic rings. The van der Waals surface area contributed by atoms with Crippen molar-refractivity contribution in [2.75, 3.05) is 0 Å². The monoisotopic (exact) mass is 517 g/mol. The van der Waals surface area contributed by atoms with Gasteiger partial charge in [0, 0.05) is 22.9 Å². The molecule has 3 aromatic rings. The first-order valence-corrected chi connectivity index (χ1v) is 9.63. The maximum Gasteiger partial charge on any atom is 0.417 e. The lowest BCUT2D eigenvalue weighted by atomic mass is 9.95. The number of pyridine rings is 1. The average molecular weight is 518 g/mol. The van der Waals surface area contributed by atoms with Gasteiger partial charge in [0.1, 0.15) is 28.5 Å². The van der Waals surface area contributed by atoms with Crippen LogP contribution in [0.3, 0.4) is 0 Å². The quantitative estimate of drug-likeness (QED) is 0.426. The zero-order chi connectivity index (χ0) is 23.8. The largest absolute Gasteiger partial charge is 0.487 e. The van der Waals surface area contributed by atoms with Crippen LogP contribution in [0.1, 0.15) is 27.2 Å². The van der Waals surface area contributed by atoms with Gasteiger partial charge < -0.3 is 14.8 Å². The molecule has 32 heavy (non-hydrogen) atoms. The van der Waals surface area contributed by atoms with Gasteiger partial charge in [-0.25, -0.2) is 13.6 Å². The minimum absolute atomic E-state index is 0.00125. The number of hydrogen-bond donors (Lipinski definition) is 2. The Bertz CT molecular complexity index is 1270. The fraction of sp³-hybridized carbons (Fsp3) is 0.143. The van der Waals surface area contributed by atoms with Crippen molar-refractivity contribution in [1.82, 2.24) is 4.98 Å². The van der Waals surface area contributed by atoms with Gasteiger partial charge in [-0.05, 0) is 52.7 Å². The number of carboxylic acid groups (broad SMARTS) is 1. The normalized spacial score (nSPS) is 11.5. The number of benzene rings is 2. The van der Waals surface area contributed by atoms with Crippen LogP contribution in [0.4, 0.5) is 22.0 Å². The van der Waals surface area contributed by atoms with E-state index in [2.05, 4.69) is 20.9 Å². The highest BCUT2D eigenvalue weighted by Crippen LogP contribution is 2.43. The van der Waals surface area contributed by atoms with E-state index in [9.17, 15) is 31.5 Å². The molecule has 11 heteroatoms. The number of carboxylic acids is 1. The smallest absolute Gasteiger partial charge is 0.417 e. The molecule has 1 aromatic heterocycles. The van der Waals surface area contributed by atoms with Crippen molar-refractivity contribution in [2.45, 2.75) is 19.7 Å². The van der Waals surface area contributed by atoms with Crippen LogP contribution in [-0.2, 0) is 12.8 Å². The Hall–Kier alpha value is -3.21. The molecule has 0 bridgehead atoms. The Morgan fingerprint density at radius 1 is 1.16 bits per heavy atom. The summed E-state index contributed by atoms with van der Waals surface area (Å²) in [6.45, 7) is 0.814. The van der Waals surface area contributed by atoms with Gasteiger partial charge in [0.15, 0.2) is 0 Å². The fourth-order valence-corrected chi connectivity index (χ4v) is 3.46. The number of alkyl halides is 3. The predicted octanol–water partition coefficient (Wildman–Crippen LogP) is 5.69. The first-order chi connectivity index (χ1) is 14.9. The summed E-state index contributed by atoms with van der Waals surface area (Å²) in [5, 5.41) is 9.07. The highest BCUT2D eigenvalue weighted by Gasteiger charge is 2.36. The average Bonchev–Trinajstić information content (AvgIpc) is 2.69. The summed E-state index contributed by atoms with van der Waals surface area (Å²) in [5.74, 6) is -3.63. The van der Waals surface area contributed by atoms with Crippen molar-refractivity contribution >= 4 is 21.9 Å². The minimum Gasteiger partial charge on any atom is -0.487 e. The summed E-state index contributed by atoms with van der Waals surface area (Å²) in [7, 11) is 0. The van der Waals surface area contributed by atoms with Crippen molar-refractivity contribution in [3.05, 3.63) is 85.2 Å². The first kappa shape index (κ1) is 23.5. The summed E-state index contributed by atoms with van der Waals surface area (Å²) in [5.41, 5.74) is -3.29. The van der Waals surface area contributed by atoms with Crippen LogP contribution < -0.4 is 10.3 Å². The number of carbonyl (C=O) groups is 1. The van der Waals surface area contributed by atoms with Gasteiger partial charge in [-0.1, -0.05) is 6.07 Å². The molecule has 0 radical (unpaired) electrons. The topological polar surface area (TPSA) is 79.4 Å². The zero-order valence-electron chi connectivity index (χ0n) is 16.1. The molecule has 0 spiro atoms. The molecule has 0 saturated heterocycles. The van der Waals surface area contributed by atoms with E-state index in [-0.39, 0.29) is 27.0 Å². The molecule has 2 N–H and O–H groups in total. The van der Waals surface area contributed by atoms with Crippen molar-refractivity contribution in [3.63, 3.8) is 0 Å². The van der Waals surface area contributed by atoms with Crippen LogP contribution in [0.5, 0.6) is 5.75 Å². The highest BCUT2D eigenvalue weighted by molar-refractivity contribution is 9.10. The molecule has 0 aliphatic carbocycles. The number of nitrogens with one attached hydrogen (secondary N) is 1. The van der Waals surface area contributed by atoms with E-state index in [4.69, 9.17) is 9.84 Å². The van der Waals surface area contributed by atoms with Crippen LogP contribution >= 0.6 is 15.9 Å². The molecule has 2 aromatic carbocycles. The van der Waals surface area contributed by atoms with Gasteiger partial charge in [0.05, 0.1) is 11.1 Å². The van der Waals surface area contributed by atoms with Crippen molar-refractivity contribution in [3.8, 4) is 16.9 Å². The third kappa shape index (κ3) is 4.67. The SMILES string of the molecule is Cc1[nH]c(=O)c(Br)c(OCc2ccc(F)cc2F)c1-c1ccc(C(=O)O)cc1C(F)(F)F. The Morgan fingerprint density at radius 2 is 1.84 bits per heavy atom. The number of halogens is 6. The maximum absolute atomic E-state index is 14.0. The standard InChI is InChI=1S/C21H13BrF5NO4/c1-9-16(13-5-3-10(20(30)31)6-14(13)21(25,26)27)18(17(22)19(29)28-9)32-8-11-2-4-12(23)7-15(11)24/h2-7H,8H2,1H3,(H,28,29)(H,30,31). The number of aryl methyl sites for hydroxylation is 1. The molecular formula is C21H13BrF5NO4. The van der Waals surface area contributed by atoms with E-state index in [1.54, 1.807) is 0 Å². The van der Waals surface area contributed by atoms with E-state index in [1.807, 2.05) is 0 Å². The van der Waals surface area contributed by atoms with Crippen molar-refractivity contribution in [2.24, 2.45) is 0 Å². The van der Waals surface area contributed by atoms with Crippen LogP contribution in [-0.4, -0.2) is 16.1 Å². The van der Waals surface area contributed by atoms with Crippen LogP contribution in [0.2, 0.25) is 0 Å². The number of aromatic amines is 1. The number of hydrogen-bond acceptors (Lipinski definition) is 3. The molecule has 0 atom stereocenters. The van der Waals surface area contributed by atoms with Crippen LogP contribution in [0.15, 0.2) is 45.7 Å². The van der Waals surface area contributed by atoms with E-state index in [0.717, 1.165) is 24.3 Å². The van der Waals surface area contributed by atoms with Gasteiger partial charge in [0.2, 0.25) is 0 Å². The lowest BCUT2D eigenvalue weighted by Gasteiger charge is -2.19. The summed E-state index contributed by atoms with van der Waals surface area (Å²) in [4.78, 5) is 25.7. The van der Waals surface area contributed by atoms with E-state index in [0.29, 0.717) is 12.1 Å². The van der Waals surface area contributed by atoms with Gasteiger partial charge in [-0.15, -0.1) is 0 Å². The minimum atomic E-state index is -4.93. The van der Waals surface area contributed by atoms with Crippen molar-refractivity contribution in [1.29, 1.82) is 0 Å². The molecular weight excluding hydrogens is 505 g/mol. The Balaban J connectivity index is 2.20. The van der Waals surface area contributed by atoms with Gasteiger partial charge in [0.25, 0.3) is 5.56 Å². The van der Waals surface area contributed by atoms with Gasteiger partial charge >= 0.3 is 12.1 Å². The van der Waals surface area contributed by atoms with Crippen LogP contribution in [0, 0.1) is 18.6 Å². The lowest BCUT2D eigenvalue weighted by Crippen LogP contribution is -2.15. The molecule has 5 nitrogen and oxygen atoms in total. The molecule has 168 valence electrons. The second-order valence-electron chi connectivity index (χ2n) is 6.68. The molecule has 0 amide bonds. The molecule has 1 heterocycles. The zero-order valence-corrected chi connectivity index (χ0v) is 17.7. The Morgan fingerprint density at radius 3 is 2.44 bits per heavy atom. The molecule has 0 fully saturated rings. The predicted molar refractivity (Wildman–Crippen MR) is 108 cm³/mol. The lowest BCUT2D eigenvalue weighted by molar-refractivity contribution is -0.137. The third-order valence-electron chi connectivity index (χ3n) is 4.53. The Labute approximate surface area is 185 Å². The summed E-state index contributed by atoms with van der Waals surface area (Å²) >= 11 is 2.98. The highest BCUT2D eigenvalue weighted by atomic mass is 79.9. The fourth-order valence-electron chi connectivity index (χ4n) is 3.05. The number of aromatic carboxylic acids is 1. The van der Waals surface area contributed by atoms with Gasteiger partial charge in [-0.2, -0.15) is 13.2 Å². The summed E-state index contributed by atoms with van der Waals surface area (Å²) < 4.78 is 73.7. The maximum atomic E-state index is 14.0. The first-order valence-electron chi connectivity index (χ1n) is 8.84. The Kier molecular flexibility index (Phi) is 6.40. The number of aromatic nitrogens is 1. The molecule has 0 unspecified atom stereocenters. The molecule has 0 aliphatic heterocycles. The van der Waals surface area contributed by atoms with Crippen molar-refractivity contribution < 1.29 is 36.6 Å². The second kappa shape index (κ2) is 8.73. The summed E-state index contributed by atoms with van der Waals surface area (Å²) in [6.07, 6.45) is -4.93. The second-order valence-corrected chi connectivity index (χ2v) is 7.48. The van der Waals surface area contributed by atoms with E-state index in [1.165, 1.54) is 6.92 Å². The van der Waals surface area contributed by atoms with Crippen LogP contribution in [0.25, 0.3) is 11.1 Å². The number of rotatable bonds is 5. The van der Waals surface area contributed by atoms with Gasteiger partial charge in [-0.3, -0.25) is 4.79 Å². The molecule has 0 saturated carbocycles. The van der Waals surface area contributed by atoms with E-state index >= 15 is 0 Å². The third-order valence-corrected chi connectivity index (χ3v) is 5.25. The number of ether oxygens (including phenoxy) is 1.